The van der Waals surface area contributed by atoms with Gasteiger partial charge >= 0.3 is 0 Å². The van der Waals surface area contributed by atoms with Crippen molar-refractivity contribution in [1.29, 1.82) is 0 Å². The van der Waals surface area contributed by atoms with Gasteiger partial charge < -0.3 is 14.9 Å². The van der Waals surface area contributed by atoms with Gasteiger partial charge in [-0.3, -0.25) is 4.79 Å². The monoisotopic (exact) mass is 402 g/mol. The van der Waals surface area contributed by atoms with Crippen LogP contribution in [0, 0.1) is 0 Å². The van der Waals surface area contributed by atoms with E-state index in [2.05, 4.69) is 36.3 Å². The van der Waals surface area contributed by atoms with Gasteiger partial charge in [0.25, 0.3) is 0 Å². The molecule has 2 N–H and O–H groups in total. The molecule has 0 saturated heterocycles. The third-order valence-corrected chi connectivity index (χ3v) is 6.10. The maximum Gasteiger partial charge on any atom is 0.231 e. The lowest BCUT2D eigenvalue weighted by Crippen LogP contribution is -2.31. The molecule has 0 bridgehead atoms. The van der Waals surface area contributed by atoms with E-state index in [-0.39, 0.29) is 11.9 Å². The highest BCUT2D eigenvalue weighted by Crippen LogP contribution is 2.37. The van der Waals surface area contributed by atoms with Gasteiger partial charge in [0.2, 0.25) is 5.91 Å². The molecule has 1 atom stereocenters. The molecule has 27 heavy (non-hydrogen) atoms. The Morgan fingerprint density at radius 3 is 3.04 bits per heavy atom. The zero-order valence-electron chi connectivity index (χ0n) is 15.1. The summed E-state index contributed by atoms with van der Waals surface area (Å²) in [7, 11) is 0. The van der Waals surface area contributed by atoms with Crippen molar-refractivity contribution in [1.82, 2.24) is 30.0 Å². The molecular weight excluding hydrogens is 380 g/mol. The molecule has 1 saturated carbocycles. The van der Waals surface area contributed by atoms with E-state index in [0.29, 0.717) is 11.8 Å². The van der Waals surface area contributed by atoms with Crippen molar-refractivity contribution in [2.24, 2.45) is 0 Å². The SMILES string of the molecule is CSCCC(NC(=O)CSc1nncn1C1CC1)c1nc2ccccc2[nH]1. The molecule has 1 unspecified atom stereocenters. The van der Waals surface area contributed by atoms with Crippen molar-refractivity contribution >= 4 is 40.5 Å². The molecule has 142 valence electrons. The Kier molecular flexibility index (Phi) is 5.68. The van der Waals surface area contributed by atoms with Crippen LogP contribution >= 0.6 is 23.5 Å². The number of benzene rings is 1. The number of hydrogen-bond acceptors (Lipinski definition) is 6. The largest absolute Gasteiger partial charge is 0.345 e. The van der Waals surface area contributed by atoms with Crippen molar-refractivity contribution in [2.75, 3.05) is 17.8 Å². The number of carbonyl (C=O) groups is 1. The predicted octanol–water partition coefficient (Wildman–Crippen LogP) is 3.19. The van der Waals surface area contributed by atoms with Crippen LogP contribution in [0.4, 0.5) is 0 Å². The number of nitrogens with zero attached hydrogens (tertiary/aromatic N) is 4. The van der Waals surface area contributed by atoms with Crippen LogP contribution in [-0.4, -0.2) is 48.4 Å². The van der Waals surface area contributed by atoms with Crippen molar-refractivity contribution in [3.63, 3.8) is 0 Å². The van der Waals surface area contributed by atoms with E-state index in [9.17, 15) is 4.79 Å². The Balaban J connectivity index is 1.41. The number of rotatable bonds is 9. The Morgan fingerprint density at radius 1 is 1.41 bits per heavy atom. The first-order chi connectivity index (χ1) is 13.2. The van der Waals surface area contributed by atoms with Crippen LogP contribution in [0.3, 0.4) is 0 Å². The maximum atomic E-state index is 12.6. The number of aromatic amines is 1. The summed E-state index contributed by atoms with van der Waals surface area (Å²) in [4.78, 5) is 20.6. The second kappa shape index (κ2) is 8.35. The molecule has 4 rings (SSSR count). The molecule has 1 aliphatic rings. The van der Waals surface area contributed by atoms with Gasteiger partial charge in [-0.05, 0) is 43.4 Å². The normalized spacial score (nSPS) is 15.1. The van der Waals surface area contributed by atoms with Crippen molar-refractivity contribution in [3.8, 4) is 0 Å². The molecule has 1 aliphatic carbocycles. The van der Waals surface area contributed by atoms with Gasteiger partial charge in [-0.15, -0.1) is 10.2 Å². The highest BCUT2D eigenvalue weighted by atomic mass is 32.2. The topological polar surface area (TPSA) is 88.5 Å². The highest BCUT2D eigenvalue weighted by Gasteiger charge is 2.26. The number of H-pyrrole nitrogens is 1. The molecule has 1 fully saturated rings. The zero-order valence-corrected chi connectivity index (χ0v) is 16.7. The molecule has 2 heterocycles. The zero-order chi connectivity index (χ0) is 18.6. The molecule has 0 radical (unpaired) electrons. The van der Waals surface area contributed by atoms with Gasteiger partial charge in [-0.1, -0.05) is 23.9 Å². The molecule has 1 aromatic carbocycles. The van der Waals surface area contributed by atoms with E-state index in [4.69, 9.17) is 0 Å². The number of aromatic nitrogens is 5. The summed E-state index contributed by atoms with van der Waals surface area (Å²) in [6, 6.07) is 8.31. The molecule has 1 amide bonds. The second-order valence-corrected chi connectivity index (χ2v) is 8.51. The van der Waals surface area contributed by atoms with Crippen molar-refractivity contribution in [3.05, 3.63) is 36.4 Å². The fourth-order valence-corrected chi connectivity index (χ4v) is 4.22. The van der Waals surface area contributed by atoms with E-state index in [1.807, 2.05) is 24.3 Å². The number of imidazole rings is 1. The summed E-state index contributed by atoms with van der Waals surface area (Å²) in [5, 5.41) is 12.1. The average Bonchev–Trinajstić information content (AvgIpc) is 3.26. The predicted molar refractivity (Wildman–Crippen MR) is 109 cm³/mol. The minimum atomic E-state index is -0.126. The van der Waals surface area contributed by atoms with Crippen LogP contribution in [-0.2, 0) is 4.79 Å². The summed E-state index contributed by atoms with van der Waals surface area (Å²) in [5.74, 6) is 2.06. The minimum absolute atomic E-state index is 0.0168. The summed E-state index contributed by atoms with van der Waals surface area (Å²) in [6.07, 6.45) is 6.99. The van der Waals surface area contributed by atoms with Crippen LogP contribution in [0.5, 0.6) is 0 Å². The van der Waals surface area contributed by atoms with Gasteiger partial charge in [-0.2, -0.15) is 11.8 Å². The molecule has 0 spiro atoms. The van der Waals surface area contributed by atoms with Gasteiger partial charge in [0.1, 0.15) is 12.2 Å². The lowest BCUT2D eigenvalue weighted by Gasteiger charge is -2.16. The van der Waals surface area contributed by atoms with Crippen LogP contribution in [0.2, 0.25) is 0 Å². The average molecular weight is 403 g/mol. The number of carbonyl (C=O) groups excluding carboxylic acids is 1. The molecule has 7 nitrogen and oxygen atoms in total. The number of fused-ring (bicyclic) bond motifs is 1. The number of para-hydroxylation sites is 2. The van der Waals surface area contributed by atoms with Crippen LogP contribution in [0.1, 0.15) is 37.2 Å². The standard InChI is InChI=1S/C18H22N6OS2/c1-26-9-8-15(17-21-13-4-2-3-5-14(13)22-17)20-16(25)10-27-18-23-19-11-24(18)12-6-7-12/h2-5,11-12,15H,6-10H2,1H3,(H,20,25)(H,21,22). The minimum Gasteiger partial charge on any atom is -0.345 e. The highest BCUT2D eigenvalue weighted by molar-refractivity contribution is 7.99. The van der Waals surface area contributed by atoms with E-state index in [1.165, 1.54) is 24.6 Å². The van der Waals surface area contributed by atoms with Gasteiger partial charge in [0, 0.05) is 6.04 Å². The van der Waals surface area contributed by atoms with Crippen molar-refractivity contribution < 1.29 is 4.79 Å². The van der Waals surface area contributed by atoms with Crippen molar-refractivity contribution in [2.45, 2.75) is 36.5 Å². The number of hydrogen-bond donors (Lipinski definition) is 2. The lowest BCUT2D eigenvalue weighted by atomic mass is 10.2. The third-order valence-electron chi connectivity index (χ3n) is 4.50. The fourth-order valence-electron chi connectivity index (χ4n) is 2.96. The molecule has 0 aliphatic heterocycles. The van der Waals surface area contributed by atoms with Gasteiger partial charge in [0.15, 0.2) is 5.16 Å². The Labute approximate surface area is 166 Å². The first kappa shape index (κ1) is 18.4. The Morgan fingerprint density at radius 2 is 2.26 bits per heavy atom. The molecular formula is C18H22N6OS2. The maximum absolute atomic E-state index is 12.6. The Hall–Kier alpha value is -2.00. The number of amides is 1. The summed E-state index contributed by atoms with van der Waals surface area (Å²) >= 11 is 3.20. The molecule has 2 aromatic heterocycles. The van der Waals surface area contributed by atoms with Crippen LogP contribution in [0.25, 0.3) is 11.0 Å². The van der Waals surface area contributed by atoms with E-state index >= 15 is 0 Å². The molecule has 3 aromatic rings. The smallest absolute Gasteiger partial charge is 0.231 e. The summed E-state index contributed by atoms with van der Waals surface area (Å²) < 4.78 is 2.07. The van der Waals surface area contributed by atoms with E-state index < -0.39 is 0 Å². The fraction of sp³-hybridized carbons (Fsp3) is 0.444. The van der Waals surface area contributed by atoms with E-state index in [1.54, 1.807) is 18.1 Å². The Bertz CT molecular complexity index is 886. The van der Waals surface area contributed by atoms with Crippen LogP contribution < -0.4 is 5.32 Å². The first-order valence-electron chi connectivity index (χ1n) is 9.00. The third kappa shape index (κ3) is 4.47. The summed E-state index contributed by atoms with van der Waals surface area (Å²) in [6.45, 7) is 0. The van der Waals surface area contributed by atoms with E-state index in [0.717, 1.165) is 34.2 Å². The first-order valence-corrected chi connectivity index (χ1v) is 11.4. The number of nitrogens with one attached hydrogen (secondary N) is 2. The molecule has 9 heteroatoms. The van der Waals surface area contributed by atoms with Gasteiger partial charge in [-0.25, -0.2) is 4.98 Å². The van der Waals surface area contributed by atoms with Gasteiger partial charge in [0.05, 0.1) is 22.8 Å². The quantitative estimate of drug-likeness (QED) is 0.535. The second-order valence-electron chi connectivity index (χ2n) is 6.58. The lowest BCUT2D eigenvalue weighted by molar-refractivity contribution is -0.119. The number of thioether (sulfide) groups is 2. The van der Waals surface area contributed by atoms with Crippen LogP contribution in [0.15, 0.2) is 35.7 Å². The summed E-state index contributed by atoms with van der Waals surface area (Å²) in [5.41, 5.74) is 1.91.